The van der Waals surface area contributed by atoms with Crippen LogP contribution in [0, 0.1) is 17.5 Å². The quantitative estimate of drug-likeness (QED) is 0.599. The summed E-state index contributed by atoms with van der Waals surface area (Å²) in [6, 6.07) is 4.82. The minimum atomic E-state index is -1.68. The van der Waals surface area contributed by atoms with E-state index in [0.29, 0.717) is 18.3 Å². The SMILES string of the molecule is CCCN(CC(=O)Nc1ccc(F)c(F)c1F)C(=O)c1ccc(-n2ccnc2)nc1. The molecule has 7 nitrogen and oxygen atoms in total. The largest absolute Gasteiger partial charge is 0.329 e. The number of carbonyl (C=O) groups excluding carboxylic acids is 2. The van der Waals surface area contributed by atoms with E-state index in [1.165, 1.54) is 11.1 Å². The molecule has 2 amide bonds. The van der Waals surface area contributed by atoms with Crippen molar-refractivity contribution in [3.63, 3.8) is 0 Å². The zero-order valence-electron chi connectivity index (χ0n) is 16.0. The zero-order chi connectivity index (χ0) is 21.7. The third-order valence-corrected chi connectivity index (χ3v) is 4.19. The highest BCUT2D eigenvalue weighted by Crippen LogP contribution is 2.19. The first-order valence-electron chi connectivity index (χ1n) is 9.07. The predicted octanol–water partition coefficient (Wildman–Crippen LogP) is 3.18. The number of carbonyl (C=O) groups is 2. The van der Waals surface area contributed by atoms with E-state index in [0.717, 1.165) is 6.07 Å². The molecule has 0 bridgehead atoms. The molecule has 1 N–H and O–H groups in total. The van der Waals surface area contributed by atoms with Gasteiger partial charge in [-0.05, 0) is 30.7 Å². The average molecular weight is 417 g/mol. The molecule has 0 unspecified atom stereocenters. The van der Waals surface area contributed by atoms with Gasteiger partial charge in [-0.15, -0.1) is 0 Å². The smallest absolute Gasteiger partial charge is 0.255 e. The van der Waals surface area contributed by atoms with Gasteiger partial charge in [0.1, 0.15) is 18.7 Å². The molecule has 0 fully saturated rings. The maximum Gasteiger partial charge on any atom is 0.255 e. The van der Waals surface area contributed by atoms with Gasteiger partial charge >= 0.3 is 0 Å². The lowest BCUT2D eigenvalue weighted by atomic mass is 10.2. The van der Waals surface area contributed by atoms with Crippen LogP contribution in [0.5, 0.6) is 0 Å². The van der Waals surface area contributed by atoms with Crippen molar-refractivity contribution in [3.8, 4) is 5.82 Å². The number of aromatic nitrogens is 3. The fourth-order valence-corrected chi connectivity index (χ4v) is 2.75. The number of rotatable bonds is 7. The van der Waals surface area contributed by atoms with Gasteiger partial charge in [0, 0.05) is 25.1 Å². The molecule has 156 valence electrons. The standard InChI is InChI=1S/C20H18F3N5O2/c1-2-8-27(11-17(29)26-15-5-4-14(21)18(22)19(15)23)20(30)13-3-6-16(25-10-13)28-9-7-24-12-28/h3-7,9-10,12H,2,8,11H2,1H3,(H,26,29). The summed E-state index contributed by atoms with van der Waals surface area (Å²) >= 11 is 0. The Hall–Kier alpha value is -3.69. The first-order valence-corrected chi connectivity index (χ1v) is 9.07. The zero-order valence-corrected chi connectivity index (χ0v) is 16.0. The van der Waals surface area contributed by atoms with Crippen LogP contribution < -0.4 is 5.32 Å². The molecule has 0 aliphatic heterocycles. The van der Waals surface area contributed by atoms with Crippen LogP contribution in [0.1, 0.15) is 23.7 Å². The van der Waals surface area contributed by atoms with Gasteiger partial charge in [0.2, 0.25) is 5.91 Å². The fraction of sp³-hybridized carbons (Fsp3) is 0.200. The van der Waals surface area contributed by atoms with Crippen molar-refractivity contribution in [3.05, 3.63) is 72.2 Å². The van der Waals surface area contributed by atoms with E-state index >= 15 is 0 Å². The van der Waals surface area contributed by atoms with Crippen LogP contribution in [0.15, 0.2) is 49.2 Å². The topological polar surface area (TPSA) is 80.1 Å². The van der Waals surface area contributed by atoms with Crippen molar-refractivity contribution >= 4 is 17.5 Å². The van der Waals surface area contributed by atoms with Crippen LogP contribution in [0.4, 0.5) is 18.9 Å². The van der Waals surface area contributed by atoms with Crippen LogP contribution in [0.25, 0.3) is 5.82 Å². The first kappa shape index (κ1) is 21.0. The molecule has 30 heavy (non-hydrogen) atoms. The third-order valence-electron chi connectivity index (χ3n) is 4.19. The molecule has 2 aromatic heterocycles. The number of halogens is 3. The Morgan fingerprint density at radius 2 is 1.93 bits per heavy atom. The number of anilines is 1. The number of amides is 2. The van der Waals surface area contributed by atoms with Crippen molar-refractivity contribution < 1.29 is 22.8 Å². The number of imidazole rings is 1. The Labute approximate surface area is 170 Å². The highest BCUT2D eigenvalue weighted by molar-refractivity contribution is 5.99. The number of benzene rings is 1. The Morgan fingerprint density at radius 3 is 2.57 bits per heavy atom. The highest BCUT2D eigenvalue weighted by atomic mass is 19.2. The molecule has 2 heterocycles. The van der Waals surface area contributed by atoms with Gasteiger partial charge in [0.05, 0.1) is 11.3 Å². The summed E-state index contributed by atoms with van der Waals surface area (Å²) in [5.74, 6) is -5.17. The molecular weight excluding hydrogens is 399 g/mol. The molecule has 0 saturated heterocycles. The highest BCUT2D eigenvalue weighted by Gasteiger charge is 2.21. The Balaban J connectivity index is 1.71. The molecule has 10 heteroatoms. The second-order valence-corrected chi connectivity index (χ2v) is 6.37. The van der Waals surface area contributed by atoms with Crippen molar-refractivity contribution in [2.75, 3.05) is 18.4 Å². The van der Waals surface area contributed by atoms with Gasteiger partial charge in [-0.25, -0.2) is 23.1 Å². The average Bonchev–Trinajstić information content (AvgIpc) is 3.28. The number of hydrogen-bond acceptors (Lipinski definition) is 4. The van der Waals surface area contributed by atoms with Crippen molar-refractivity contribution in [1.29, 1.82) is 0 Å². The minimum Gasteiger partial charge on any atom is -0.329 e. The summed E-state index contributed by atoms with van der Waals surface area (Å²) < 4.78 is 41.8. The molecule has 3 aromatic rings. The number of pyridine rings is 1. The van der Waals surface area contributed by atoms with Crippen molar-refractivity contribution in [1.82, 2.24) is 19.4 Å². The third kappa shape index (κ3) is 4.65. The number of nitrogens with one attached hydrogen (secondary N) is 1. The van der Waals surface area contributed by atoms with Crippen molar-refractivity contribution in [2.24, 2.45) is 0 Å². The molecular formula is C20H18F3N5O2. The lowest BCUT2D eigenvalue weighted by molar-refractivity contribution is -0.116. The first-order chi connectivity index (χ1) is 14.4. The van der Waals surface area contributed by atoms with Crippen LogP contribution in [0.2, 0.25) is 0 Å². The molecule has 0 aliphatic rings. The van der Waals surface area contributed by atoms with E-state index < -0.39 is 41.5 Å². The fourth-order valence-electron chi connectivity index (χ4n) is 2.75. The van der Waals surface area contributed by atoms with Gasteiger partial charge in [-0.1, -0.05) is 6.92 Å². The summed E-state index contributed by atoms with van der Waals surface area (Å²) in [6.45, 7) is 1.69. The molecule has 0 saturated carbocycles. The van der Waals surface area contributed by atoms with E-state index in [1.54, 1.807) is 35.4 Å². The van der Waals surface area contributed by atoms with Crippen molar-refractivity contribution in [2.45, 2.75) is 13.3 Å². The van der Waals surface area contributed by atoms with Gasteiger partial charge in [-0.2, -0.15) is 0 Å². The molecule has 0 aliphatic carbocycles. The molecule has 0 atom stereocenters. The normalized spacial score (nSPS) is 10.7. The summed E-state index contributed by atoms with van der Waals surface area (Å²) in [6.07, 6.45) is 6.81. The Kier molecular flexibility index (Phi) is 6.45. The van der Waals surface area contributed by atoms with Crippen LogP contribution in [-0.2, 0) is 4.79 Å². The van der Waals surface area contributed by atoms with E-state index in [4.69, 9.17) is 0 Å². The molecule has 0 spiro atoms. The van der Waals surface area contributed by atoms with E-state index in [1.807, 2.05) is 6.92 Å². The van der Waals surface area contributed by atoms with Gasteiger partial charge in [0.15, 0.2) is 17.5 Å². The maximum absolute atomic E-state index is 13.8. The lowest BCUT2D eigenvalue weighted by Gasteiger charge is -2.21. The molecule has 0 radical (unpaired) electrons. The summed E-state index contributed by atoms with van der Waals surface area (Å²) in [4.78, 5) is 34.5. The maximum atomic E-state index is 13.8. The van der Waals surface area contributed by atoms with Gasteiger partial charge in [0.25, 0.3) is 5.91 Å². The lowest BCUT2D eigenvalue weighted by Crippen LogP contribution is -2.38. The second-order valence-electron chi connectivity index (χ2n) is 6.37. The van der Waals surface area contributed by atoms with E-state index in [-0.39, 0.29) is 12.1 Å². The minimum absolute atomic E-state index is 0.260. The van der Waals surface area contributed by atoms with Crippen LogP contribution in [-0.4, -0.2) is 44.3 Å². The van der Waals surface area contributed by atoms with E-state index in [9.17, 15) is 22.8 Å². The van der Waals surface area contributed by atoms with Crippen LogP contribution in [0.3, 0.4) is 0 Å². The summed E-state index contributed by atoms with van der Waals surface area (Å²) in [7, 11) is 0. The van der Waals surface area contributed by atoms with Gasteiger partial charge in [-0.3, -0.25) is 14.2 Å². The van der Waals surface area contributed by atoms with Crippen LogP contribution >= 0.6 is 0 Å². The Morgan fingerprint density at radius 1 is 1.13 bits per heavy atom. The predicted molar refractivity (Wildman–Crippen MR) is 102 cm³/mol. The van der Waals surface area contributed by atoms with E-state index in [2.05, 4.69) is 15.3 Å². The summed E-state index contributed by atoms with van der Waals surface area (Å²) in [5, 5.41) is 2.16. The number of nitrogens with zero attached hydrogens (tertiary/aromatic N) is 4. The monoisotopic (exact) mass is 417 g/mol. The van der Waals surface area contributed by atoms with Gasteiger partial charge < -0.3 is 10.2 Å². The molecule has 1 aromatic carbocycles. The second kappa shape index (κ2) is 9.21. The Bertz CT molecular complexity index is 1040. The number of hydrogen-bond donors (Lipinski definition) is 1. The summed E-state index contributed by atoms with van der Waals surface area (Å²) in [5.41, 5.74) is -0.242. The molecule has 3 rings (SSSR count).